The van der Waals surface area contributed by atoms with Crippen molar-refractivity contribution in [1.82, 2.24) is 10.3 Å². The van der Waals surface area contributed by atoms with Crippen molar-refractivity contribution in [3.63, 3.8) is 0 Å². The molecule has 0 aliphatic rings. The molecule has 0 aliphatic carbocycles. The molecule has 1 rings (SSSR count). The van der Waals surface area contributed by atoms with Crippen molar-refractivity contribution in [2.24, 2.45) is 5.73 Å². The van der Waals surface area contributed by atoms with Crippen LogP contribution in [-0.2, 0) is 0 Å². The van der Waals surface area contributed by atoms with Gasteiger partial charge in [-0.3, -0.25) is 9.78 Å². The first-order valence-electron chi connectivity index (χ1n) is 5.43. The molecule has 1 aromatic heterocycles. The van der Waals surface area contributed by atoms with Crippen molar-refractivity contribution in [2.75, 3.05) is 0 Å². The van der Waals surface area contributed by atoms with E-state index in [9.17, 15) is 4.79 Å². The topological polar surface area (TPSA) is 68.0 Å². The Hall–Kier alpha value is -1.49. The number of carbonyl (C=O) groups excluding carboxylic acids is 1. The van der Waals surface area contributed by atoms with E-state index in [4.69, 9.17) is 18.0 Å². The average molecular weight is 251 g/mol. The molecule has 1 aromatic rings. The van der Waals surface area contributed by atoms with E-state index in [2.05, 4.69) is 10.3 Å². The Kier molecular flexibility index (Phi) is 4.57. The molecule has 5 heteroatoms. The number of hydrogen-bond donors (Lipinski definition) is 2. The van der Waals surface area contributed by atoms with Crippen LogP contribution in [0.3, 0.4) is 0 Å². The molecular formula is C12H17N3OS. The van der Waals surface area contributed by atoms with Crippen LogP contribution in [0.15, 0.2) is 12.1 Å². The highest BCUT2D eigenvalue weighted by molar-refractivity contribution is 7.80. The number of aryl methyl sites for hydroxylation is 2. The van der Waals surface area contributed by atoms with E-state index in [1.165, 1.54) is 0 Å². The zero-order chi connectivity index (χ0) is 13.0. The lowest BCUT2D eigenvalue weighted by Gasteiger charge is -2.14. The van der Waals surface area contributed by atoms with E-state index in [1.54, 1.807) is 6.07 Å². The van der Waals surface area contributed by atoms with E-state index >= 15 is 0 Å². The number of thiocarbonyl (C=S) groups is 1. The Morgan fingerprint density at radius 2 is 2.18 bits per heavy atom. The second-order valence-electron chi connectivity index (χ2n) is 4.13. The van der Waals surface area contributed by atoms with Crippen molar-refractivity contribution >= 4 is 23.1 Å². The van der Waals surface area contributed by atoms with Crippen molar-refractivity contribution in [2.45, 2.75) is 33.2 Å². The third-order valence-electron chi connectivity index (χ3n) is 2.35. The van der Waals surface area contributed by atoms with Gasteiger partial charge in [-0.2, -0.15) is 0 Å². The van der Waals surface area contributed by atoms with Gasteiger partial charge in [-0.25, -0.2) is 0 Å². The van der Waals surface area contributed by atoms with Crippen molar-refractivity contribution < 1.29 is 4.79 Å². The summed E-state index contributed by atoms with van der Waals surface area (Å²) < 4.78 is 0. The smallest absolute Gasteiger partial charge is 0.253 e. The summed E-state index contributed by atoms with van der Waals surface area (Å²) in [6, 6.07) is 3.53. The highest BCUT2D eigenvalue weighted by Crippen LogP contribution is 2.07. The highest BCUT2D eigenvalue weighted by Gasteiger charge is 2.13. The van der Waals surface area contributed by atoms with Gasteiger partial charge in [0.25, 0.3) is 5.91 Å². The molecule has 1 unspecified atom stereocenters. The number of aromatic nitrogens is 1. The van der Waals surface area contributed by atoms with Crippen LogP contribution in [0.1, 0.15) is 35.1 Å². The molecule has 1 heterocycles. The number of rotatable bonds is 4. The Labute approximate surface area is 107 Å². The van der Waals surface area contributed by atoms with Gasteiger partial charge in [0.2, 0.25) is 0 Å². The van der Waals surface area contributed by atoms with Gasteiger partial charge in [-0.1, -0.05) is 12.2 Å². The summed E-state index contributed by atoms with van der Waals surface area (Å²) in [5.41, 5.74) is 7.64. The number of nitrogens with two attached hydrogens (primary N) is 1. The quantitative estimate of drug-likeness (QED) is 0.796. The van der Waals surface area contributed by atoms with Crippen molar-refractivity contribution in [1.29, 1.82) is 0 Å². The third-order valence-corrected chi connectivity index (χ3v) is 2.52. The van der Waals surface area contributed by atoms with Gasteiger partial charge >= 0.3 is 0 Å². The van der Waals surface area contributed by atoms with E-state index < -0.39 is 0 Å². The molecule has 1 atom stereocenters. The van der Waals surface area contributed by atoms with Gasteiger partial charge in [-0.05, 0) is 32.9 Å². The Morgan fingerprint density at radius 3 is 2.71 bits per heavy atom. The fourth-order valence-corrected chi connectivity index (χ4v) is 1.83. The predicted molar refractivity (Wildman–Crippen MR) is 72.0 cm³/mol. The predicted octanol–water partition coefficient (Wildman–Crippen LogP) is 1.49. The molecular weight excluding hydrogens is 234 g/mol. The normalized spacial score (nSPS) is 11.9. The van der Waals surface area contributed by atoms with Crippen LogP contribution in [0.25, 0.3) is 0 Å². The molecule has 3 N–H and O–H groups in total. The lowest BCUT2D eigenvalue weighted by molar-refractivity contribution is 0.0940. The molecule has 17 heavy (non-hydrogen) atoms. The third kappa shape index (κ3) is 4.11. The summed E-state index contributed by atoms with van der Waals surface area (Å²) in [4.78, 5) is 16.6. The highest BCUT2D eigenvalue weighted by atomic mass is 32.1. The number of carbonyl (C=O) groups is 1. The van der Waals surface area contributed by atoms with E-state index in [0.29, 0.717) is 17.0 Å². The molecule has 0 aliphatic heterocycles. The first-order chi connectivity index (χ1) is 7.90. The number of nitrogens with zero attached hydrogens (tertiary/aromatic N) is 1. The Balaban J connectivity index is 2.73. The average Bonchev–Trinajstić information content (AvgIpc) is 2.15. The minimum atomic E-state index is -0.140. The largest absolute Gasteiger partial charge is 0.393 e. The maximum atomic E-state index is 11.9. The van der Waals surface area contributed by atoms with Gasteiger partial charge < -0.3 is 11.1 Å². The summed E-state index contributed by atoms with van der Waals surface area (Å²) >= 11 is 4.80. The summed E-state index contributed by atoms with van der Waals surface area (Å²) in [6.07, 6.45) is 0.499. The molecule has 92 valence electrons. The van der Waals surface area contributed by atoms with Crippen LogP contribution in [0.4, 0.5) is 0 Å². The molecule has 0 spiro atoms. The van der Waals surface area contributed by atoms with Crippen molar-refractivity contribution in [3.05, 3.63) is 29.1 Å². The van der Waals surface area contributed by atoms with Gasteiger partial charge in [0.1, 0.15) is 0 Å². The van der Waals surface area contributed by atoms with Gasteiger partial charge in [0, 0.05) is 18.2 Å². The van der Waals surface area contributed by atoms with Crippen LogP contribution in [0.5, 0.6) is 0 Å². The second kappa shape index (κ2) is 5.72. The molecule has 0 saturated carbocycles. The lowest BCUT2D eigenvalue weighted by atomic mass is 10.1. The Morgan fingerprint density at radius 1 is 1.53 bits per heavy atom. The van der Waals surface area contributed by atoms with Gasteiger partial charge in [0.15, 0.2) is 0 Å². The standard InChI is InChI=1S/C12H17N3OS/c1-7-4-5-10(9(3)14-7)12(16)15-8(2)6-11(13)17/h4-5,8H,6H2,1-3H3,(H2,13,17)(H,15,16). The number of hydrogen-bond acceptors (Lipinski definition) is 3. The molecule has 0 fully saturated rings. The number of pyridine rings is 1. The maximum absolute atomic E-state index is 11.9. The summed E-state index contributed by atoms with van der Waals surface area (Å²) in [5.74, 6) is -0.140. The van der Waals surface area contributed by atoms with Crippen molar-refractivity contribution in [3.8, 4) is 0 Å². The van der Waals surface area contributed by atoms with Crippen LogP contribution in [0, 0.1) is 13.8 Å². The summed E-state index contributed by atoms with van der Waals surface area (Å²) in [7, 11) is 0. The molecule has 0 saturated heterocycles. The fourth-order valence-electron chi connectivity index (χ4n) is 1.58. The number of nitrogens with one attached hydrogen (secondary N) is 1. The Bertz CT molecular complexity index is 445. The minimum Gasteiger partial charge on any atom is -0.393 e. The molecule has 0 radical (unpaired) electrons. The minimum absolute atomic E-state index is 0.0688. The second-order valence-corrected chi connectivity index (χ2v) is 4.65. The molecule has 1 amide bonds. The zero-order valence-electron chi connectivity index (χ0n) is 10.3. The first kappa shape index (κ1) is 13.6. The summed E-state index contributed by atoms with van der Waals surface area (Å²) in [6.45, 7) is 5.58. The van der Waals surface area contributed by atoms with Crippen LogP contribution in [-0.4, -0.2) is 21.9 Å². The fraction of sp³-hybridized carbons (Fsp3) is 0.417. The van der Waals surface area contributed by atoms with Crippen LogP contribution in [0.2, 0.25) is 0 Å². The first-order valence-corrected chi connectivity index (χ1v) is 5.84. The van der Waals surface area contributed by atoms with Gasteiger partial charge in [0.05, 0.1) is 16.2 Å². The van der Waals surface area contributed by atoms with Crippen LogP contribution >= 0.6 is 12.2 Å². The van der Waals surface area contributed by atoms with Gasteiger partial charge in [-0.15, -0.1) is 0 Å². The van der Waals surface area contributed by atoms with E-state index in [1.807, 2.05) is 26.8 Å². The lowest BCUT2D eigenvalue weighted by Crippen LogP contribution is -2.35. The molecule has 0 bridgehead atoms. The maximum Gasteiger partial charge on any atom is 0.253 e. The molecule has 0 aromatic carbocycles. The monoisotopic (exact) mass is 251 g/mol. The van der Waals surface area contributed by atoms with E-state index in [-0.39, 0.29) is 11.9 Å². The van der Waals surface area contributed by atoms with E-state index in [0.717, 1.165) is 11.4 Å². The summed E-state index contributed by atoms with van der Waals surface area (Å²) in [5, 5.41) is 2.84. The van der Waals surface area contributed by atoms with Crippen LogP contribution < -0.4 is 11.1 Å². The zero-order valence-corrected chi connectivity index (χ0v) is 11.1. The number of amides is 1. The SMILES string of the molecule is Cc1ccc(C(=O)NC(C)CC(N)=S)c(C)n1. The molecule has 4 nitrogen and oxygen atoms in total.